The Hall–Kier alpha value is -0.610. The molecule has 0 amide bonds. The first kappa shape index (κ1) is 13.8. The Labute approximate surface area is 114 Å². The van der Waals surface area contributed by atoms with Crippen LogP contribution in [-0.4, -0.2) is 23.2 Å². The molecule has 1 aliphatic carbocycles. The molecular weight excluding hydrogens is 244 g/mol. The molecule has 1 aromatic rings. The number of aliphatic hydroxyl groups is 1. The summed E-state index contributed by atoms with van der Waals surface area (Å²) in [7, 11) is 0. The zero-order chi connectivity index (χ0) is 13.3. The van der Waals surface area contributed by atoms with Crippen LogP contribution in [0.5, 0.6) is 0 Å². The van der Waals surface area contributed by atoms with Gasteiger partial charge in [-0.2, -0.15) is 0 Å². The van der Waals surface area contributed by atoms with E-state index in [2.05, 4.69) is 32.6 Å². The van der Waals surface area contributed by atoms with Crippen LogP contribution < -0.4 is 4.90 Å². The van der Waals surface area contributed by atoms with Crippen LogP contribution in [-0.2, 0) is 12.0 Å². The number of aliphatic hydroxyl groups excluding tert-OH is 1. The van der Waals surface area contributed by atoms with E-state index in [1.54, 1.807) is 11.3 Å². The van der Waals surface area contributed by atoms with E-state index >= 15 is 0 Å². The third kappa shape index (κ3) is 3.04. The Morgan fingerprint density at radius 2 is 2.06 bits per heavy atom. The van der Waals surface area contributed by atoms with Gasteiger partial charge in [-0.1, -0.05) is 32.1 Å². The standard InChI is InChI=1S/C14H24N2OS/c1-5-16(8-10-6-7-10)13-15-12(14(2,3)4)11(9-17)18-13/h10,17H,5-9H2,1-4H3. The van der Waals surface area contributed by atoms with Gasteiger partial charge in [-0.05, 0) is 25.7 Å². The smallest absolute Gasteiger partial charge is 0.185 e. The predicted molar refractivity (Wildman–Crippen MR) is 77.3 cm³/mol. The van der Waals surface area contributed by atoms with Crippen LogP contribution in [0.4, 0.5) is 5.13 Å². The molecule has 4 heteroatoms. The van der Waals surface area contributed by atoms with Crippen molar-refractivity contribution in [3.05, 3.63) is 10.6 Å². The van der Waals surface area contributed by atoms with Crippen molar-refractivity contribution < 1.29 is 5.11 Å². The predicted octanol–water partition coefficient (Wildman–Crippen LogP) is 3.17. The minimum atomic E-state index is 0.00576. The Balaban J connectivity index is 2.24. The fourth-order valence-corrected chi connectivity index (χ4v) is 3.33. The van der Waals surface area contributed by atoms with E-state index in [0.29, 0.717) is 0 Å². The van der Waals surface area contributed by atoms with Crippen molar-refractivity contribution in [2.24, 2.45) is 5.92 Å². The van der Waals surface area contributed by atoms with Crippen molar-refractivity contribution in [1.29, 1.82) is 0 Å². The molecule has 102 valence electrons. The number of thiazole rings is 1. The van der Waals surface area contributed by atoms with Crippen LogP contribution in [0.1, 0.15) is 51.1 Å². The van der Waals surface area contributed by atoms with Gasteiger partial charge in [0.05, 0.1) is 17.2 Å². The summed E-state index contributed by atoms with van der Waals surface area (Å²) in [5.41, 5.74) is 1.06. The zero-order valence-corrected chi connectivity index (χ0v) is 12.7. The van der Waals surface area contributed by atoms with Gasteiger partial charge in [-0.25, -0.2) is 4.98 Å². The topological polar surface area (TPSA) is 36.4 Å². The molecule has 0 aromatic carbocycles. The average molecular weight is 268 g/mol. The van der Waals surface area contributed by atoms with Crippen LogP contribution >= 0.6 is 11.3 Å². The summed E-state index contributed by atoms with van der Waals surface area (Å²) in [5.74, 6) is 0.865. The van der Waals surface area contributed by atoms with Crippen LogP contribution in [0.3, 0.4) is 0 Å². The summed E-state index contributed by atoms with van der Waals surface area (Å²) < 4.78 is 0. The summed E-state index contributed by atoms with van der Waals surface area (Å²) in [6, 6.07) is 0. The maximum atomic E-state index is 9.50. The van der Waals surface area contributed by atoms with Gasteiger partial charge in [-0.15, -0.1) is 0 Å². The highest BCUT2D eigenvalue weighted by atomic mass is 32.1. The van der Waals surface area contributed by atoms with Gasteiger partial charge in [-0.3, -0.25) is 0 Å². The summed E-state index contributed by atoms with van der Waals surface area (Å²) in [5, 5.41) is 10.6. The molecule has 1 heterocycles. The second kappa shape index (κ2) is 5.17. The van der Waals surface area contributed by atoms with E-state index in [1.165, 1.54) is 12.8 Å². The molecule has 1 fully saturated rings. The molecule has 1 aromatic heterocycles. The van der Waals surface area contributed by atoms with Gasteiger partial charge >= 0.3 is 0 Å². The molecule has 2 rings (SSSR count). The molecule has 0 unspecified atom stereocenters. The maximum absolute atomic E-state index is 9.50. The lowest BCUT2D eigenvalue weighted by atomic mass is 9.91. The van der Waals surface area contributed by atoms with Crippen LogP contribution in [0.25, 0.3) is 0 Å². The number of hydrogen-bond donors (Lipinski definition) is 1. The fourth-order valence-electron chi connectivity index (χ4n) is 2.12. The molecule has 18 heavy (non-hydrogen) atoms. The lowest BCUT2D eigenvalue weighted by Crippen LogP contribution is -2.25. The Morgan fingerprint density at radius 3 is 2.44 bits per heavy atom. The first-order chi connectivity index (χ1) is 8.45. The minimum Gasteiger partial charge on any atom is -0.391 e. The van der Waals surface area contributed by atoms with Gasteiger partial charge in [0, 0.05) is 18.5 Å². The third-order valence-corrected chi connectivity index (χ3v) is 4.47. The number of anilines is 1. The Bertz CT molecular complexity index is 404. The summed E-state index contributed by atoms with van der Waals surface area (Å²) in [6.45, 7) is 10.9. The van der Waals surface area contributed by atoms with E-state index in [-0.39, 0.29) is 12.0 Å². The number of rotatable bonds is 5. The van der Waals surface area contributed by atoms with E-state index in [9.17, 15) is 5.11 Å². The summed E-state index contributed by atoms with van der Waals surface area (Å²) >= 11 is 1.65. The highest BCUT2D eigenvalue weighted by Crippen LogP contribution is 2.36. The lowest BCUT2D eigenvalue weighted by Gasteiger charge is -2.20. The van der Waals surface area contributed by atoms with Crippen molar-refractivity contribution in [3.8, 4) is 0 Å². The van der Waals surface area contributed by atoms with Gasteiger partial charge in [0.15, 0.2) is 5.13 Å². The van der Waals surface area contributed by atoms with E-state index < -0.39 is 0 Å². The summed E-state index contributed by atoms with van der Waals surface area (Å²) in [4.78, 5) is 8.17. The maximum Gasteiger partial charge on any atom is 0.185 e. The number of aromatic nitrogens is 1. The van der Waals surface area contributed by atoms with Gasteiger partial charge in [0.25, 0.3) is 0 Å². The van der Waals surface area contributed by atoms with Crippen molar-refractivity contribution in [3.63, 3.8) is 0 Å². The molecule has 0 aliphatic heterocycles. The molecule has 0 bridgehead atoms. The highest BCUT2D eigenvalue weighted by Gasteiger charge is 2.28. The molecule has 1 N–H and O–H groups in total. The Morgan fingerprint density at radius 1 is 1.39 bits per heavy atom. The minimum absolute atomic E-state index is 0.00576. The van der Waals surface area contributed by atoms with Crippen LogP contribution in [0.15, 0.2) is 0 Å². The largest absolute Gasteiger partial charge is 0.391 e. The van der Waals surface area contributed by atoms with Crippen LogP contribution in [0, 0.1) is 5.92 Å². The van der Waals surface area contributed by atoms with Gasteiger partial charge < -0.3 is 10.0 Å². The Kier molecular flexibility index (Phi) is 3.97. The van der Waals surface area contributed by atoms with E-state index in [0.717, 1.165) is 34.7 Å². The SMILES string of the molecule is CCN(CC1CC1)c1nc(C(C)(C)C)c(CO)s1. The van der Waals surface area contributed by atoms with E-state index in [4.69, 9.17) is 4.98 Å². The van der Waals surface area contributed by atoms with Crippen molar-refractivity contribution in [2.75, 3.05) is 18.0 Å². The molecule has 0 radical (unpaired) electrons. The normalized spacial score (nSPS) is 16.1. The number of hydrogen-bond acceptors (Lipinski definition) is 4. The average Bonchev–Trinajstić information content (AvgIpc) is 3.00. The molecule has 3 nitrogen and oxygen atoms in total. The monoisotopic (exact) mass is 268 g/mol. The van der Waals surface area contributed by atoms with Crippen molar-refractivity contribution in [2.45, 2.75) is 52.6 Å². The zero-order valence-electron chi connectivity index (χ0n) is 11.9. The van der Waals surface area contributed by atoms with Gasteiger partial charge in [0.1, 0.15) is 0 Å². The quantitative estimate of drug-likeness (QED) is 0.891. The first-order valence-electron chi connectivity index (χ1n) is 6.81. The second-order valence-corrected chi connectivity index (χ2v) is 7.22. The number of nitrogens with zero attached hydrogens (tertiary/aromatic N) is 2. The van der Waals surface area contributed by atoms with Crippen molar-refractivity contribution >= 4 is 16.5 Å². The molecule has 0 spiro atoms. The molecule has 0 atom stereocenters. The third-order valence-electron chi connectivity index (χ3n) is 3.37. The van der Waals surface area contributed by atoms with Gasteiger partial charge in [0.2, 0.25) is 0 Å². The van der Waals surface area contributed by atoms with E-state index in [1.807, 2.05) is 0 Å². The lowest BCUT2D eigenvalue weighted by molar-refractivity contribution is 0.282. The van der Waals surface area contributed by atoms with Crippen molar-refractivity contribution in [1.82, 2.24) is 4.98 Å². The second-order valence-electron chi connectivity index (χ2n) is 6.16. The fraction of sp³-hybridized carbons (Fsp3) is 0.786. The molecular formula is C14H24N2OS. The molecule has 0 saturated heterocycles. The highest BCUT2D eigenvalue weighted by molar-refractivity contribution is 7.15. The van der Waals surface area contributed by atoms with Crippen LogP contribution in [0.2, 0.25) is 0 Å². The summed E-state index contributed by atoms with van der Waals surface area (Å²) in [6.07, 6.45) is 2.72. The first-order valence-corrected chi connectivity index (χ1v) is 7.63. The molecule has 1 aliphatic rings. The molecule has 1 saturated carbocycles.